The van der Waals surface area contributed by atoms with E-state index in [1.54, 1.807) is 24.3 Å². The molecule has 106 valence electrons. The molecular formula is C12H8BrClF2N2O2. The number of aromatic nitrogens is 2. The van der Waals surface area contributed by atoms with Crippen molar-refractivity contribution < 1.29 is 8.78 Å². The standard InChI is InChI=1S/C12H8BrClF2N2O2/c13-7-4-2-1-3-6(7)9-10(14)17-12(20)18(11(9)19)5-8(15)16/h1-4,8H,5H2,(H,17,20). The number of nitrogens with zero attached hydrogens (tertiary/aromatic N) is 1. The molecule has 1 N–H and O–H groups in total. The topological polar surface area (TPSA) is 54.9 Å². The van der Waals surface area contributed by atoms with E-state index in [-0.39, 0.29) is 10.7 Å². The zero-order valence-electron chi connectivity index (χ0n) is 9.87. The molecular weight excluding hydrogens is 357 g/mol. The Kier molecular flexibility index (Phi) is 4.39. The molecule has 20 heavy (non-hydrogen) atoms. The van der Waals surface area contributed by atoms with Crippen LogP contribution in [-0.2, 0) is 6.54 Å². The Morgan fingerprint density at radius 3 is 2.55 bits per heavy atom. The molecule has 1 aromatic heterocycles. The van der Waals surface area contributed by atoms with Crippen molar-refractivity contribution in [1.29, 1.82) is 0 Å². The van der Waals surface area contributed by atoms with Crippen LogP contribution >= 0.6 is 27.5 Å². The molecule has 4 nitrogen and oxygen atoms in total. The van der Waals surface area contributed by atoms with Crippen LogP contribution in [0.1, 0.15) is 0 Å². The maximum absolute atomic E-state index is 12.4. The highest BCUT2D eigenvalue weighted by molar-refractivity contribution is 9.10. The molecule has 0 amide bonds. The fourth-order valence-electron chi connectivity index (χ4n) is 1.75. The summed E-state index contributed by atoms with van der Waals surface area (Å²) in [5.74, 6) is 0. The van der Waals surface area contributed by atoms with Crippen LogP contribution in [0.25, 0.3) is 11.1 Å². The van der Waals surface area contributed by atoms with Gasteiger partial charge in [0.2, 0.25) is 0 Å². The fraction of sp³-hybridized carbons (Fsp3) is 0.167. The van der Waals surface area contributed by atoms with Gasteiger partial charge in [-0.2, -0.15) is 0 Å². The first kappa shape index (κ1) is 14.9. The predicted molar refractivity (Wildman–Crippen MR) is 75.5 cm³/mol. The van der Waals surface area contributed by atoms with Crippen molar-refractivity contribution >= 4 is 27.5 Å². The van der Waals surface area contributed by atoms with Crippen LogP contribution in [-0.4, -0.2) is 16.0 Å². The molecule has 2 aromatic rings. The molecule has 0 fully saturated rings. The molecule has 0 saturated carbocycles. The summed E-state index contributed by atoms with van der Waals surface area (Å²) in [5, 5.41) is -0.183. The van der Waals surface area contributed by atoms with Gasteiger partial charge in [0.05, 0.1) is 12.1 Å². The third-order valence-corrected chi connectivity index (χ3v) is 3.58. The third kappa shape index (κ3) is 2.83. The van der Waals surface area contributed by atoms with Gasteiger partial charge < -0.3 is 0 Å². The molecule has 0 aliphatic rings. The number of hydrogen-bond acceptors (Lipinski definition) is 2. The monoisotopic (exact) mass is 364 g/mol. The van der Waals surface area contributed by atoms with Gasteiger partial charge in [-0.15, -0.1) is 0 Å². The SMILES string of the molecule is O=c1[nH]c(Cl)c(-c2ccccc2Br)c(=O)n1CC(F)F. The molecule has 0 saturated heterocycles. The summed E-state index contributed by atoms with van der Waals surface area (Å²) in [6, 6.07) is 6.66. The molecule has 0 aliphatic heterocycles. The summed E-state index contributed by atoms with van der Waals surface area (Å²) < 4.78 is 25.9. The molecule has 1 heterocycles. The maximum Gasteiger partial charge on any atom is 0.329 e. The summed E-state index contributed by atoms with van der Waals surface area (Å²) in [6.45, 7) is -0.983. The van der Waals surface area contributed by atoms with Gasteiger partial charge in [0.15, 0.2) is 0 Å². The summed E-state index contributed by atoms with van der Waals surface area (Å²) in [7, 11) is 0. The van der Waals surface area contributed by atoms with E-state index in [9.17, 15) is 18.4 Å². The van der Waals surface area contributed by atoms with Crippen LogP contribution in [0.3, 0.4) is 0 Å². The van der Waals surface area contributed by atoms with Gasteiger partial charge in [-0.3, -0.25) is 14.3 Å². The molecule has 8 heteroatoms. The Bertz CT molecular complexity index is 758. The molecule has 0 unspecified atom stereocenters. The molecule has 0 bridgehead atoms. The van der Waals surface area contributed by atoms with E-state index in [1.807, 2.05) is 0 Å². The lowest BCUT2D eigenvalue weighted by molar-refractivity contribution is 0.123. The van der Waals surface area contributed by atoms with Crippen molar-refractivity contribution in [1.82, 2.24) is 9.55 Å². The first-order chi connectivity index (χ1) is 9.41. The quantitative estimate of drug-likeness (QED) is 0.851. The van der Waals surface area contributed by atoms with Gasteiger partial charge in [0.1, 0.15) is 5.15 Å². The van der Waals surface area contributed by atoms with E-state index < -0.39 is 24.2 Å². The number of aromatic amines is 1. The van der Waals surface area contributed by atoms with Crippen LogP contribution in [0.2, 0.25) is 5.15 Å². The number of alkyl halides is 2. The minimum Gasteiger partial charge on any atom is -0.297 e. The number of rotatable bonds is 3. The Hall–Kier alpha value is -1.47. The second-order valence-electron chi connectivity index (χ2n) is 3.91. The maximum atomic E-state index is 12.4. The molecule has 0 spiro atoms. The molecule has 0 radical (unpaired) electrons. The van der Waals surface area contributed by atoms with E-state index in [0.717, 1.165) is 0 Å². The Morgan fingerprint density at radius 2 is 1.95 bits per heavy atom. The van der Waals surface area contributed by atoms with Gasteiger partial charge in [-0.1, -0.05) is 45.7 Å². The smallest absolute Gasteiger partial charge is 0.297 e. The fourth-order valence-corrected chi connectivity index (χ4v) is 2.49. The first-order valence-electron chi connectivity index (χ1n) is 5.47. The van der Waals surface area contributed by atoms with Crippen molar-refractivity contribution in [2.45, 2.75) is 13.0 Å². The zero-order chi connectivity index (χ0) is 14.9. The summed E-state index contributed by atoms with van der Waals surface area (Å²) in [4.78, 5) is 25.9. The average Bonchev–Trinajstić information content (AvgIpc) is 2.36. The summed E-state index contributed by atoms with van der Waals surface area (Å²) >= 11 is 9.12. The van der Waals surface area contributed by atoms with Crippen LogP contribution in [0.4, 0.5) is 8.78 Å². The average molecular weight is 366 g/mol. The van der Waals surface area contributed by atoms with Crippen LogP contribution < -0.4 is 11.2 Å². The van der Waals surface area contributed by atoms with Gasteiger partial charge >= 0.3 is 5.69 Å². The second-order valence-corrected chi connectivity index (χ2v) is 5.14. The van der Waals surface area contributed by atoms with E-state index in [4.69, 9.17) is 11.6 Å². The van der Waals surface area contributed by atoms with Crippen LogP contribution in [0.5, 0.6) is 0 Å². The number of hydrogen-bond donors (Lipinski definition) is 1. The minimum atomic E-state index is -2.82. The molecule has 2 rings (SSSR count). The highest BCUT2D eigenvalue weighted by atomic mass is 79.9. The third-order valence-electron chi connectivity index (χ3n) is 2.60. The predicted octanol–water partition coefficient (Wildman–Crippen LogP) is 2.88. The minimum absolute atomic E-state index is 0.0283. The lowest BCUT2D eigenvalue weighted by Gasteiger charge is -2.10. The number of benzene rings is 1. The Labute approximate surface area is 125 Å². The van der Waals surface area contributed by atoms with Crippen molar-refractivity contribution in [3.05, 3.63) is 54.7 Å². The number of nitrogens with one attached hydrogen (secondary N) is 1. The van der Waals surface area contributed by atoms with Crippen molar-refractivity contribution in [2.24, 2.45) is 0 Å². The van der Waals surface area contributed by atoms with Gasteiger partial charge in [0, 0.05) is 10.0 Å². The van der Waals surface area contributed by atoms with E-state index >= 15 is 0 Å². The van der Waals surface area contributed by atoms with Crippen molar-refractivity contribution in [3.8, 4) is 11.1 Å². The summed E-state index contributed by atoms with van der Waals surface area (Å²) in [5.41, 5.74) is -1.43. The number of halogens is 4. The van der Waals surface area contributed by atoms with Crippen molar-refractivity contribution in [3.63, 3.8) is 0 Å². The van der Waals surface area contributed by atoms with E-state index in [1.165, 1.54) is 0 Å². The van der Waals surface area contributed by atoms with Crippen molar-refractivity contribution in [2.75, 3.05) is 0 Å². The van der Waals surface area contributed by atoms with Crippen LogP contribution in [0, 0.1) is 0 Å². The molecule has 0 aliphatic carbocycles. The Balaban J connectivity index is 2.75. The van der Waals surface area contributed by atoms with E-state index in [0.29, 0.717) is 14.6 Å². The lowest BCUT2D eigenvalue weighted by atomic mass is 10.1. The van der Waals surface area contributed by atoms with Gasteiger partial charge in [0.25, 0.3) is 12.0 Å². The second kappa shape index (κ2) is 5.88. The first-order valence-corrected chi connectivity index (χ1v) is 6.64. The summed E-state index contributed by atoms with van der Waals surface area (Å²) in [6.07, 6.45) is -2.82. The molecule has 0 atom stereocenters. The van der Waals surface area contributed by atoms with Gasteiger partial charge in [-0.25, -0.2) is 13.6 Å². The largest absolute Gasteiger partial charge is 0.329 e. The van der Waals surface area contributed by atoms with E-state index in [2.05, 4.69) is 20.9 Å². The zero-order valence-corrected chi connectivity index (χ0v) is 12.2. The number of H-pyrrole nitrogens is 1. The Morgan fingerprint density at radius 1 is 1.30 bits per heavy atom. The normalized spacial score (nSPS) is 11.1. The lowest BCUT2D eigenvalue weighted by Crippen LogP contribution is -2.38. The molecule has 1 aromatic carbocycles. The van der Waals surface area contributed by atoms with Crippen LogP contribution in [0.15, 0.2) is 38.3 Å². The van der Waals surface area contributed by atoms with Gasteiger partial charge in [-0.05, 0) is 6.07 Å². The highest BCUT2D eigenvalue weighted by Crippen LogP contribution is 2.28. The highest BCUT2D eigenvalue weighted by Gasteiger charge is 2.18.